The number of likely N-dealkylation sites (tertiary alicyclic amines) is 1. The van der Waals surface area contributed by atoms with E-state index in [0.29, 0.717) is 10.2 Å². The molecule has 0 saturated carbocycles. The van der Waals surface area contributed by atoms with Gasteiger partial charge >= 0.3 is 0 Å². The van der Waals surface area contributed by atoms with Crippen LogP contribution in [0.15, 0.2) is 0 Å². The minimum atomic E-state index is 0.351. The maximum atomic E-state index is 5.71. The molecule has 11 heavy (non-hydrogen) atoms. The van der Waals surface area contributed by atoms with Gasteiger partial charge in [0, 0.05) is 6.54 Å². The average Bonchev–Trinajstić information content (AvgIpc) is 1.85. The van der Waals surface area contributed by atoms with E-state index in [4.69, 9.17) is 4.74 Å². The molecular weight excluding hydrogens is 253 g/mol. The van der Waals surface area contributed by atoms with Crippen LogP contribution >= 0.6 is 22.6 Å². The Morgan fingerprint density at radius 1 is 1.64 bits per heavy atom. The fourth-order valence-corrected chi connectivity index (χ4v) is 1.91. The molecule has 1 unspecified atom stereocenters. The lowest BCUT2D eigenvalue weighted by atomic mass is 10.1. The first kappa shape index (κ1) is 9.74. The SMILES string of the molecule is CC(I)O[C@@H]1CCCN(C)C1. The van der Waals surface area contributed by atoms with Gasteiger partial charge in [-0.1, -0.05) is 22.6 Å². The summed E-state index contributed by atoms with van der Waals surface area (Å²) in [5.41, 5.74) is 0. The van der Waals surface area contributed by atoms with Crippen LogP contribution in [0.25, 0.3) is 0 Å². The van der Waals surface area contributed by atoms with Gasteiger partial charge in [-0.05, 0) is 33.4 Å². The van der Waals surface area contributed by atoms with Gasteiger partial charge in [-0.3, -0.25) is 0 Å². The monoisotopic (exact) mass is 269 g/mol. The smallest absolute Gasteiger partial charge is 0.106 e. The Kier molecular flexibility index (Phi) is 4.09. The predicted octanol–water partition coefficient (Wildman–Crippen LogP) is 1.88. The standard InChI is InChI=1S/C8H16INO/c1-7(9)11-8-4-3-5-10(2)6-8/h7-8H,3-6H2,1-2H3/t7?,8-/m1/s1. The number of likely N-dealkylation sites (N-methyl/N-ethyl adjacent to an activating group) is 1. The van der Waals surface area contributed by atoms with E-state index in [1.807, 2.05) is 0 Å². The van der Waals surface area contributed by atoms with Crippen molar-refractivity contribution < 1.29 is 4.74 Å². The summed E-state index contributed by atoms with van der Waals surface area (Å²) in [6, 6.07) is 0. The van der Waals surface area contributed by atoms with Crippen molar-refractivity contribution in [1.82, 2.24) is 4.90 Å². The summed E-state index contributed by atoms with van der Waals surface area (Å²) < 4.78 is 6.06. The average molecular weight is 269 g/mol. The zero-order valence-electron chi connectivity index (χ0n) is 7.22. The van der Waals surface area contributed by atoms with E-state index in [-0.39, 0.29) is 0 Å². The maximum Gasteiger partial charge on any atom is 0.106 e. The highest BCUT2D eigenvalue weighted by molar-refractivity contribution is 14.1. The lowest BCUT2D eigenvalue weighted by Gasteiger charge is -2.30. The molecule has 0 aromatic heterocycles. The van der Waals surface area contributed by atoms with Gasteiger partial charge in [-0.2, -0.15) is 0 Å². The molecule has 0 aliphatic carbocycles. The molecule has 1 aliphatic heterocycles. The van der Waals surface area contributed by atoms with Gasteiger partial charge in [0.25, 0.3) is 0 Å². The highest BCUT2D eigenvalue weighted by Crippen LogP contribution is 2.15. The first-order valence-electron chi connectivity index (χ1n) is 4.16. The molecule has 1 saturated heterocycles. The number of hydrogen-bond donors (Lipinski definition) is 0. The zero-order chi connectivity index (χ0) is 8.27. The van der Waals surface area contributed by atoms with Crippen LogP contribution in [-0.4, -0.2) is 35.3 Å². The summed E-state index contributed by atoms with van der Waals surface area (Å²) in [5, 5.41) is 0. The molecule has 1 rings (SSSR count). The van der Waals surface area contributed by atoms with E-state index >= 15 is 0 Å². The number of alkyl halides is 1. The van der Waals surface area contributed by atoms with Crippen molar-refractivity contribution >= 4 is 22.6 Å². The first-order valence-corrected chi connectivity index (χ1v) is 5.41. The van der Waals surface area contributed by atoms with Crippen molar-refractivity contribution in [2.75, 3.05) is 20.1 Å². The summed E-state index contributed by atoms with van der Waals surface area (Å²) in [4.78, 5) is 2.34. The van der Waals surface area contributed by atoms with Gasteiger partial charge < -0.3 is 9.64 Å². The third-order valence-corrected chi connectivity index (χ3v) is 2.25. The maximum absolute atomic E-state index is 5.71. The van der Waals surface area contributed by atoms with Crippen molar-refractivity contribution in [1.29, 1.82) is 0 Å². The molecule has 2 nitrogen and oxygen atoms in total. The fraction of sp³-hybridized carbons (Fsp3) is 1.00. The highest BCUT2D eigenvalue weighted by Gasteiger charge is 2.18. The summed E-state index contributed by atoms with van der Waals surface area (Å²) >= 11 is 2.31. The van der Waals surface area contributed by atoms with Gasteiger partial charge in [0.2, 0.25) is 0 Å². The van der Waals surface area contributed by atoms with E-state index < -0.39 is 0 Å². The number of piperidine rings is 1. The van der Waals surface area contributed by atoms with Crippen molar-refractivity contribution in [3.8, 4) is 0 Å². The van der Waals surface area contributed by atoms with Crippen LogP contribution in [-0.2, 0) is 4.74 Å². The van der Waals surface area contributed by atoms with E-state index in [2.05, 4.69) is 41.5 Å². The second-order valence-corrected chi connectivity index (χ2v) is 4.96. The lowest BCUT2D eigenvalue weighted by molar-refractivity contribution is 0.00547. The molecule has 0 aromatic carbocycles. The van der Waals surface area contributed by atoms with Gasteiger partial charge in [0.1, 0.15) is 4.11 Å². The van der Waals surface area contributed by atoms with Crippen LogP contribution in [0.3, 0.4) is 0 Å². The molecule has 3 heteroatoms. The molecule has 1 aliphatic rings. The van der Waals surface area contributed by atoms with E-state index in [0.717, 1.165) is 6.54 Å². The van der Waals surface area contributed by atoms with Crippen LogP contribution in [0.2, 0.25) is 0 Å². The Hall–Kier alpha value is 0.650. The molecule has 0 aromatic rings. The molecule has 2 atom stereocenters. The predicted molar refractivity (Wildman–Crippen MR) is 55.1 cm³/mol. The second-order valence-electron chi connectivity index (χ2n) is 3.21. The molecule has 1 heterocycles. The largest absolute Gasteiger partial charge is 0.364 e. The summed E-state index contributed by atoms with van der Waals surface area (Å²) in [6.07, 6.45) is 2.99. The van der Waals surface area contributed by atoms with Gasteiger partial charge in [0.15, 0.2) is 0 Å². The quantitative estimate of drug-likeness (QED) is 0.560. The first-order chi connectivity index (χ1) is 5.18. The van der Waals surface area contributed by atoms with Crippen molar-refractivity contribution in [2.45, 2.75) is 30.0 Å². The van der Waals surface area contributed by atoms with Crippen molar-refractivity contribution in [2.24, 2.45) is 0 Å². The molecular formula is C8H16INO. The molecule has 66 valence electrons. The summed E-state index contributed by atoms with van der Waals surface area (Å²) in [7, 11) is 2.16. The van der Waals surface area contributed by atoms with Crippen LogP contribution < -0.4 is 0 Å². The minimum absolute atomic E-state index is 0.351. The molecule has 0 N–H and O–H groups in total. The van der Waals surface area contributed by atoms with E-state index in [9.17, 15) is 0 Å². The van der Waals surface area contributed by atoms with Gasteiger partial charge in [0.05, 0.1) is 6.10 Å². The number of ether oxygens (including phenoxy) is 1. The van der Waals surface area contributed by atoms with Crippen molar-refractivity contribution in [3.63, 3.8) is 0 Å². The van der Waals surface area contributed by atoms with Crippen LogP contribution in [0.5, 0.6) is 0 Å². The Balaban J connectivity index is 2.23. The minimum Gasteiger partial charge on any atom is -0.364 e. The highest BCUT2D eigenvalue weighted by atomic mass is 127. The number of halogens is 1. The van der Waals surface area contributed by atoms with Crippen LogP contribution in [0.4, 0.5) is 0 Å². The van der Waals surface area contributed by atoms with E-state index in [1.165, 1.54) is 19.4 Å². The third-order valence-electron chi connectivity index (χ3n) is 1.96. The lowest BCUT2D eigenvalue weighted by Crippen LogP contribution is -2.37. The second kappa shape index (κ2) is 4.62. The van der Waals surface area contributed by atoms with Gasteiger partial charge in [-0.15, -0.1) is 0 Å². The van der Waals surface area contributed by atoms with E-state index in [1.54, 1.807) is 0 Å². The van der Waals surface area contributed by atoms with Crippen LogP contribution in [0.1, 0.15) is 19.8 Å². The number of hydrogen-bond acceptors (Lipinski definition) is 2. The van der Waals surface area contributed by atoms with Crippen molar-refractivity contribution in [3.05, 3.63) is 0 Å². The van der Waals surface area contributed by atoms with Crippen LogP contribution in [0, 0.1) is 0 Å². The Bertz CT molecular complexity index is 117. The third kappa shape index (κ3) is 3.71. The topological polar surface area (TPSA) is 12.5 Å². The molecule has 0 amide bonds. The summed E-state index contributed by atoms with van der Waals surface area (Å²) in [5.74, 6) is 0. The number of nitrogens with zero attached hydrogens (tertiary/aromatic N) is 1. The molecule has 1 fully saturated rings. The zero-order valence-corrected chi connectivity index (χ0v) is 9.37. The normalized spacial score (nSPS) is 30.3. The molecule has 0 radical (unpaired) electrons. The Labute approximate surface area is 82.4 Å². The summed E-state index contributed by atoms with van der Waals surface area (Å²) in [6.45, 7) is 4.43. The Morgan fingerprint density at radius 2 is 2.36 bits per heavy atom. The van der Waals surface area contributed by atoms with Gasteiger partial charge in [-0.25, -0.2) is 0 Å². The number of rotatable bonds is 2. The Morgan fingerprint density at radius 3 is 2.91 bits per heavy atom. The molecule has 0 bridgehead atoms. The molecule has 0 spiro atoms. The fourth-order valence-electron chi connectivity index (χ4n) is 1.50.